The van der Waals surface area contributed by atoms with Crippen LogP contribution in [0.5, 0.6) is 0 Å². The summed E-state index contributed by atoms with van der Waals surface area (Å²) in [5, 5.41) is 11.5. The van der Waals surface area contributed by atoms with Crippen LogP contribution in [0.25, 0.3) is 0 Å². The molecule has 0 spiro atoms. The zero-order chi connectivity index (χ0) is 8.23. The third-order valence-corrected chi connectivity index (χ3v) is 2.20. The van der Waals surface area contributed by atoms with Crippen molar-refractivity contribution in [1.29, 1.82) is 0 Å². The van der Waals surface area contributed by atoms with E-state index in [1.54, 1.807) is 28.7 Å². The largest absolute Gasteiger partial charge is 0.319 e. The Morgan fingerprint density at radius 3 is 2.92 bits per heavy atom. The zero-order valence-electron chi connectivity index (χ0n) is 6.34. The summed E-state index contributed by atoms with van der Waals surface area (Å²) in [6.45, 7) is 0.807. The van der Waals surface area contributed by atoms with E-state index < -0.39 is 0 Å². The van der Waals surface area contributed by atoms with Gasteiger partial charge in [-0.2, -0.15) is 11.3 Å². The molecular formula is C7H8N4S. The molecule has 0 aliphatic rings. The molecule has 62 valence electrons. The quantitative estimate of drug-likeness (QED) is 0.768. The Morgan fingerprint density at radius 1 is 1.42 bits per heavy atom. The second kappa shape index (κ2) is 3.36. The van der Waals surface area contributed by atoms with E-state index in [0.29, 0.717) is 0 Å². The van der Waals surface area contributed by atoms with Gasteiger partial charge in [-0.1, -0.05) is 0 Å². The molecule has 2 heterocycles. The second-order valence-electron chi connectivity index (χ2n) is 2.34. The summed E-state index contributed by atoms with van der Waals surface area (Å²) >= 11 is 1.70. The van der Waals surface area contributed by atoms with E-state index in [9.17, 15) is 0 Å². The first-order valence-corrected chi connectivity index (χ1v) is 4.49. The lowest BCUT2D eigenvalue weighted by Gasteiger charge is -2.02. The van der Waals surface area contributed by atoms with Crippen LogP contribution in [-0.4, -0.2) is 14.9 Å². The van der Waals surface area contributed by atoms with Crippen molar-refractivity contribution in [3.63, 3.8) is 0 Å². The van der Waals surface area contributed by atoms with Gasteiger partial charge >= 0.3 is 0 Å². The van der Waals surface area contributed by atoms with Gasteiger partial charge in [0.2, 0.25) is 0 Å². The number of rotatable bonds is 3. The van der Waals surface area contributed by atoms with Gasteiger partial charge in [0.25, 0.3) is 0 Å². The normalized spacial score (nSPS) is 10.0. The predicted octanol–water partition coefficient (Wildman–Crippen LogP) is 1.08. The molecule has 2 rings (SSSR count). The van der Waals surface area contributed by atoms with Crippen LogP contribution in [0.3, 0.4) is 0 Å². The molecule has 0 aliphatic heterocycles. The van der Waals surface area contributed by atoms with Gasteiger partial charge in [0.1, 0.15) is 12.7 Å². The maximum atomic E-state index is 3.68. The Labute approximate surface area is 73.8 Å². The van der Waals surface area contributed by atoms with E-state index >= 15 is 0 Å². The van der Waals surface area contributed by atoms with E-state index in [-0.39, 0.29) is 0 Å². The molecule has 0 fully saturated rings. The van der Waals surface area contributed by atoms with Gasteiger partial charge in [-0.3, -0.25) is 0 Å². The summed E-state index contributed by atoms with van der Waals surface area (Å²) < 4.78 is 1.73. The van der Waals surface area contributed by atoms with E-state index in [2.05, 4.69) is 32.4 Å². The first-order valence-electron chi connectivity index (χ1n) is 3.55. The van der Waals surface area contributed by atoms with Gasteiger partial charge in [0.15, 0.2) is 0 Å². The van der Waals surface area contributed by atoms with Crippen LogP contribution in [0, 0.1) is 0 Å². The van der Waals surface area contributed by atoms with Crippen LogP contribution >= 0.6 is 11.3 Å². The topological polar surface area (TPSA) is 42.7 Å². The fraction of sp³-hybridized carbons (Fsp3) is 0.143. The van der Waals surface area contributed by atoms with Crippen molar-refractivity contribution in [3.05, 3.63) is 35.0 Å². The molecule has 0 bridgehead atoms. The summed E-state index contributed by atoms with van der Waals surface area (Å²) in [6.07, 6.45) is 3.26. The molecule has 0 atom stereocenters. The van der Waals surface area contributed by atoms with Gasteiger partial charge in [-0.25, -0.2) is 4.68 Å². The number of nitrogens with zero attached hydrogens (tertiary/aromatic N) is 3. The van der Waals surface area contributed by atoms with Gasteiger partial charge < -0.3 is 5.43 Å². The van der Waals surface area contributed by atoms with Gasteiger partial charge in [0, 0.05) is 0 Å². The first kappa shape index (κ1) is 7.30. The van der Waals surface area contributed by atoms with Crippen molar-refractivity contribution < 1.29 is 0 Å². The monoisotopic (exact) mass is 180 g/mol. The molecule has 0 saturated heterocycles. The highest BCUT2D eigenvalue weighted by molar-refractivity contribution is 7.07. The molecule has 0 aromatic carbocycles. The summed E-state index contributed by atoms with van der Waals surface area (Å²) in [4.78, 5) is 0. The van der Waals surface area contributed by atoms with Crippen molar-refractivity contribution in [1.82, 2.24) is 14.9 Å². The van der Waals surface area contributed by atoms with Crippen molar-refractivity contribution in [2.75, 3.05) is 5.43 Å². The maximum absolute atomic E-state index is 3.68. The molecule has 4 nitrogen and oxygen atoms in total. The lowest BCUT2D eigenvalue weighted by Crippen LogP contribution is -2.11. The fourth-order valence-corrected chi connectivity index (χ4v) is 1.53. The highest BCUT2D eigenvalue weighted by Gasteiger charge is 1.91. The van der Waals surface area contributed by atoms with Crippen LogP contribution < -0.4 is 5.43 Å². The molecular weight excluding hydrogens is 172 g/mol. The average molecular weight is 180 g/mol. The van der Waals surface area contributed by atoms with Crippen LogP contribution in [0.1, 0.15) is 5.56 Å². The van der Waals surface area contributed by atoms with E-state index in [0.717, 1.165) is 6.54 Å². The van der Waals surface area contributed by atoms with Crippen molar-refractivity contribution in [3.8, 4) is 0 Å². The summed E-state index contributed by atoms with van der Waals surface area (Å²) in [6, 6.07) is 2.09. The Kier molecular flexibility index (Phi) is 2.04. The number of hydrogen-bond donors (Lipinski definition) is 1. The molecule has 5 heteroatoms. The Morgan fingerprint density at radius 2 is 2.25 bits per heavy atom. The molecule has 0 amide bonds. The SMILES string of the molecule is c1cc(CNn2cnnc2)cs1. The number of thiophene rings is 1. The summed E-state index contributed by atoms with van der Waals surface area (Å²) in [7, 11) is 0. The van der Waals surface area contributed by atoms with E-state index in [1.165, 1.54) is 5.56 Å². The van der Waals surface area contributed by atoms with Crippen molar-refractivity contribution in [2.24, 2.45) is 0 Å². The smallest absolute Gasteiger partial charge is 0.138 e. The fourth-order valence-electron chi connectivity index (χ4n) is 0.858. The van der Waals surface area contributed by atoms with Gasteiger partial charge in [0.05, 0.1) is 6.54 Å². The first-order chi connectivity index (χ1) is 5.95. The molecule has 2 aromatic rings. The van der Waals surface area contributed by atoms with Gasteiger partial charge in [-0.15, -0.1) is 10.2 Å². The molecule has 2 aromatic heterocycles. The van der Waals surface area contributed by atoms with Gasteiger partial charge in [-0.05, 0) is 22.4 Å². The minimum atomic E-state index is 0.807. The highest BCUT2D eigenvalue weighted by atomic mass is 32.1. The number of nitrogens with one attached hydrogen (secondary N) is 1. The lowest BCUT2D eigenvalue weighted by atomic mass is 10.3. The molecule has 12 heavy (non-hydrogen) atoms. The molecule has 0 aliphatic carbocycles. The standard InChI is InChI=1S/C7H8N4S/c1-2-12-4-7(1)3-10-11-5-8-9-6-11/h1-2,4-6,10H,3H2. The molecule has 0 saturated carbocycles. The van der Waals surface area contributed by atoms with Crippen molar-refractivity contribution >= 4 is 11.3 Å². The Hall–Kier alpha value is -1.36. The zero-order valence-corrected chi connectivity index (χ0v) is 7.16. The summed E-state index contributed by atoms with van der Waals surface area (Å²) in [5.74, 6) is 0. The van der Waals surface area contributed by atoms with Crippen LogP contribution in [0.4, 0.5) is 0 Å². The van der Waals surface area contributed by atoms with E-state index in [1.807, 2.05) is 0 Å². The summed E-state index contributed by atoms with van der Waals surface area (Å²) in [5.41, 5.74) is 4.40. The third-order valence-electron chi connectivity index (χ3n) is 1.46. The minimum Gasteiger partial charge on any atom is -0.319 e. The van der Waals surface area contributed by atoms with Crippen LogP contribution in [-0.2, 0) is 6.54 Å². The Bertz CT molecular complexity index is 279. The molecule has 1 N–H and O–H groups in total. The predicted molar refractivity (Wildman–Crippen MR) is 47.4 cm³/mol. The minimum absolute atomic E-state index is 0.807. The average Bonchev–Trinajstić information content (AvgIpc) is 2.74. The Balaban J connectivity index is 1.91. The van der Waals surface area contributed by atoms with Crippen molar-refractivity contribution in [2.45, 2.75) is 6.54 Å². The maximum Gasteiger partial charge on any atom is 0.138 e. The van der Waals surface area contributed by atoms with Crippen LogP contribution in [0.15, 0.2) is 29.5 Å². The highest BCUT2D eigenvalue weighted by Crippen LogP contribution is 2.05. The lowest BCUT2D eigenvalue weighted by molar-refractivity contribution is 0.838. The number of aromatic nitrogens is 3. The third kappa shape index (κ3) is 1.62. The second-order valence-corrected chi connectivity index (χ2v) is 3.12. The van der Waals surface area contributed by atoms with Crippen LogP contribution in [0.2, 0.25) is 0 Å². The van der Waals surface area contributed by atoms with E-state index in [4.69, 9.17) is 0 Å². The molecule has 0 radical (unpaired) electrons. The molecule has 0 unspecified atom stereocenters. The number of hydrogen-bond acceptors (Lipinski definition) is 4.